The first-order chi connectivity index (χ1) is 26.3. The standard InChI is InChI=1S/2C25H23.C2H7Si.Zr/c2*1-18(2)15-20-11-6-7-13-23(20)24-14-8-12-21-16-22(17-25(21)24)19-9-4-3-5-10-19;1-3-2;/h2*3-14,16-18H,15H2,1-2H3;3H,1-2H3;. The van der Waals surface area contributed by atoms with Gasteiger partial charge in [-0.3, -0.25) is 0 Å². The van der Waals surface area contributed by atoms with E-state index in [1.54, 1.807) is 22.3 Å². The summed E-state index contributed by atoms with van der Waals surface area (Å²) in [6.07, 6.45) is 7.44. The van der Waals surface area contributed by atoms with Crippen molar-refractivity contribution < 1.29 is 20.9 Å². The van der Waals surface area contributed by atoms with Crippen LogP contribution in [0.4, 0.5) is 0 Å². The summed E-state index contributed by atoms with van der Waals surface area (Å²) in [5, 5.41) is 0. The van der Waals surface area contributed by atoms with Gasteiger partial charge in [0.15, 0.2) is 0 Å². The number of hydrogen-bond acceptors (Lipinski definition) is 0. The molecule has 2 aliphatic rings. The molecule has 6 aromatic carbocycles. The molecule has 2 atom stereocenters. The van der Waals surface area contributed by atoms with Crippen molar-refractivity contribution in [3.8, 4) is 22.3 Å². The topological polar surface area (TPSA) is 0 Å². The first-order valence-corrected chi connectivity index (χ1v) is 30.1. The molecule has 0 aliphatic heterocycles. The average molecular weight is 797 g/mol. The molecular weight excluding hydrogens is 744 g/mol. The summed E-state index contributed by atoms with van der Waals surface area (Å²) in [5.74, 6) is 0.0487. The van der Waals surface area contributed by atoms with Crippen LogP contribution in [0.15, 0.2) is 146 Å². The van der Waals surface area contributed by atoms with Crippen molar-refractivity contribution >= 4 is 29.2 Å². The molecule has 0 aromatic heterocycles. The van der Waals surface area contributed by atoms with E-state index in [1.165, 1.54) is 55.6 Å². The molecule has 0 N–H and O–H groups in total. The number of rotatable bonds is 11. The van der Waals surface area contributed by atoms with Crippen LogP contribution in [-0.2, 0) is 33.8 Å². The van der Waals surface area contributed by atoms with Gasteiger partial charge in [0.1, 0.15) is 0 Å². The molecule has 2 aliphatic carbocycles. The predicted molar refractivity (Wildman–Crippen MR) is 234 cm³/mol. The van der Waals surface area contributed by atoms with E-state index in [-0.39, 0.29) is 0 Å². The van der Waals surface area contributed by atoms with Gasteiger partial charge in [0.05, 0.1) is 0 Å². The van der Waals surface area contributed by atoms with Crippen molar-refractivity contribution in [1.29, 1.82) is 0 Å². The minimum absolute atomic E-state index is 0.480. The molecule has 2 heteroatoms. The molecular formula is C52H53SiZr. The summed E-state index contributed by atoms with van der Waals surface area (Å²) in [5.41, 5.74) is 20.5. The van der Waals surface area contributed by atoms with E-state index in [0.29, 0.717) is 19.1 Å². The molecule has 8 rings (SSSR count). The maximum absolute atomic E-state index is 2.69. The van der Waals surface area contributed by atoms with Gasteiger partial charge in [-0.25, -0.2) is 0 Å². The van der Waals surface area contributed by atoms with Crippen LogP contribution in [0.1, 0.15) is 79.5 Å². The van der Waals surface area contributed by atoms with E-state index in [2.05, 4.69) is 199 Å². The van der Waals surface area contributed by atoms with Gasteiger partial charge in [0.2, 0.25) is 0 Å². The monoisotopic (exact) mass is 795 g/mol. The summed E-state index contributed by atoms with van der Waals surface area (Å²) >= 11 is -2.51. The summed E-state index contributed by atoms with van der Waals surface area (Å²) < 4.78 is 0.960. The van der Waals surface area contributed by atoms with Gasteiger partial charge in [-0.05, 0) is 0 Å². The second-order valence-corrected chi connectivity index (χ2v) is 36.6. The molecule has 0 saturated heterocycles. The van der Waals surface area contributed by atoms with Crippen LogP contribution in [0.2, 0.25) is 13.1 Å². The molecule has 0 nitrogen and oxygen atoms in total. The van der Waals surface area contributed by atoms with Gasteiger partial charge in [-0.2, -0.15) is 0 Å². The average Bonchev–Trinajstić information content (AvgIpc) is 3.75. The van der Waals surface area contributed by atoms with Crippen molar-refractivity contribution in [2.45, 2.75) is 60.9 Å². The van der Waals surface area contributed by atoms with E-state index >= 15 is 0 Å². The Kier molecular flexibility index (Phi) is 10.9. The van der Waals surface area contributed by atoms with Crippen molar-refractivity contribution in [2.75, 3.05) is 0 Å². The fourth-order valence-electron chi connectivity index (χ4n) is 9.39. The van der Waals surface area contributed by atoms with Crippen LogP contribution in [0.25, 0.3) is 45.6 Å². The van der Waals surface area contributed by atoms with Crippen LogP contribution >= 0.6 is 0 Å². The van der Waals surface area contributed by atoms with Gasteiger partial charge >= 0.3 is 335 Å². The molecule has 0 fully saturated rings. The van der Waals surface area contributed by atoms with Crippen LogP contribution < -0.4 is 0 Å². The van der Waals surface area contributed by atoms with E-state index in [0.717, 1.165) is 12.8 Å². The summed E-state index contributed by atoms with van der Waals surface area (Å²) in [7, 11) is 0. The van der Waals surface area contributed by atoms with Gasteiger partial charge in [0.25, 0.3) is 0 Å². The number of fused-ring (bicyclic) bond motifs is 2. The Morgan fingerprint density at radius 3 is 1.20 bits per heavy atom. The molecule has 0 heterocycles. The third-order valence-corrected chi connectivity index (χ3v) is 33.0. The molecule has 6 aromatic rings. The molecule has 54 heavy (non-hydrogen) atoms. The van der Waals surface area contributed by atoms with Crippen molar-refractivity contribution in [3.63, 3.8) is 0 Å². The quantitative estimate of drug-likeness (QED) is 0.115. The first-order valence-electron chi connectivity index (χ1n) is 20.1. The zero-order valence-corrected chi connectivity index (χ0v) is 36.4. The third-order valence-electron chi connectivity index (χ3n) is 11.5. The third kappa shape index (κ3) is 7.09. The molecule has 0 amide bonds. The van der Waals surface area contributed by atoms with E-state index in [1.807, 2.05) is 0 Å². The second-order valence-electron chi connectivity index (χ2n) is 16.6. The van der Waals surface area contributed by atoms with E-state index in [9.17, 15) is 0 Å². The Balaban J connectivity index is 1.35. The molecule has 269 valence electrons. The van der Waals surface area contributed by atoms with Gasteiger partial charge in [-0.1, -0.05) is 0 Å². The predicted octanol–water partition coefficient (Wildman–Crippen LogP) is 13.9. The van der Waals surface area contributed by atoms with Crippen LogP contribution in [-0.4, -0.2) is 5.92 Å². The Morgan fingerprint density at radius 1 is 0.444 bits per heavy atom. The second kappa shape index (κ2) is 15.9. The Labute approximate surface area is 333 Å². The van der Waals surface area contributed by atoms with Crippen LogP contribution in [0, 0.1) is 11.8 Å². The van der Waals surface area contributed by atoms with Crippen molar-refractivity contribution in [2.24, 2.45) is 11.8 Å². The zero-order valence-electron chi connectivity index (χ0n) is 32.8. The van der Waals surface area contributed by atoms with Crippen molar-refractivity contribution in [1.82, 2.24) is 0 Å². The number of benzene rings is 6. The van der Waals surface area contributed by atoms with Gasteiger partial charge in [0, 0.05) is 0 Å². The summed E-state index contributed by atoms with van der Waals surface area (Å²) in [6, 6.07) is 55.8. The van der Waals surface area contributed by atoms with Crippen LogP contribution in [0.5, 0.6) is 0 Å². The zero-order chi connectivity index (χ0) is 37.3. The Morgan fingerprint density at radius 2 is 0.815 bits per heavy atom. The van der Waals surface area contributed by atoms with Gasteiger partial charge < -0.3 is 0 Å². The molecule has 0 bridgehead atoms. The molecule has 0 radical (unpaired) electrons. The van der Waals surface area contributed by atoms with Crippen LogP contribution in [0.3, 0.4) is 0 Å². The SMILES string of the molecule is CC(C)Cc1ccccc1-c1cccc2c1C=C(c1ccccc1)[CH]2[Zr]([CH]1C(c2ccccc2)=Cc2c(-c3ccccc3CC(C)C)cccc21)[SiH](C)C. The Hall–Kier alpha value is -4.10. The molecule has 0 spiro atoms. The molecule has 0 saturated carbocycles. The number of allylic oxidation sites excluding steroid dienone is 2. The fourth-order valence-corrected chi connectivity index (χ4v) is 31.6. The summed E-state index contributed by atoms with van der Waals surface area (Å²) in [6.45, 7) is 14.7. The minimum atomic E-state index is -2.51. The van der Waals surface area contributed by atoms with E-state index < -0.39 is 26.8 Å². The van der Waals surface area contributed by atoms with Crippen molar-refractivity contribution in [3.05, 3.63) is 190 Å². The van der Waals surface area contributed by atoms with E-state index in [4.69, 9.17) is 0 Å². The summed E-state index contributed by atoms with van der Waals surface area (Å²) in [4.78, 5) is 0. The maximum atomic E-state index is 2.69. The fraction of sp³-hybridized carbons (Fsp3) is 0.231. The first kappa shape index (κ1) is 36.9. The number of hydrogen-bond donors (Lipinski definition) is 0. The molecule has 2 unspecified atom stereocenters. The van der Waals surface area contributed by atoms with Gasteiger partial charge in [-0.15, -0.1) is 0 Å². The normalized spacial score (nSPS) is 16.1. The Bertz CT molecular complexity index is 2170.